The number of nitrogens with zero attached hydrogens (tertiary/aromatic N) is 1. The molecule has 1 atom stereocenters. The molecule has 0 aliphatic carbocycles. The molecule has 0 aromatic carbocycles. The van der Waals surface area contributed by atoms with E-state index in [0.717, 1.165) is 39.3 Å². The monoisotopic (exact) mass is 245 g/mol. The molecule has 0 amide bonds. The Labute approximate surface area is 105 Å². The van der Waals surface area contributed by atoms with Crippen molar-refractivity contribution in [2.45, 2.75) is 33.0 Å². The summed E-state index contributed by atoms with van der Waals surface area (Å²) in [5, 5.41) is 0. The first-order valence-electron chi connectivity index (χ1n) is 6.74. The second-order valence-electron chi connectivity index (χ2n) is 4.54. The molecule has 4 heteroatoms. The SMILES string of the molecule is CCOC(CCN1CCC(COC)C1)OCC. The topological polar surface area (TPSA) is 30.9 Å². The number of hydrogen-bond acceptors (Lipinski definition) is 4. The Balaban J connectivity index is 2.16. The summed E-state index contributed by atoms with van der Waals surface area (Å²) < 4.78 is 16.3. The second-order valence-corrected chi connectivity index (χ2v) is 4.54. The molecule has 0 aromatic rings. The van der Waals surface area contributed by atoms with Crippen molar-refractivity contribution in [3.8, 4) is 0 Å². The van der Waals surface area contributed by atoms with Gasteiger partial charge in [0.2, 0.25) is 0 Å². The molecule has 1 aliphatic heterocycles. The molecule has 0 N–H and O–H groups in total. The Morgan fingerprint density at radius 1 is 1.24 bits per heavy atom. The molecular formula is C13H27NO3. The van der Waals surface area contributed by atoms with Gasteiger partial charge in [0.15, 0.2) is 6.29 Å². The molecule has 17 heavy (non-hydrogen) atoms. The Morgan fingerprint density at radius 2 is 1.94 bits per heavy atom. The summed E-state index contributed by atoms with van der Waals surface area (Å²) >= 11 is 0. The highest BCUT2D eigenvalue weighted by atomic mass is 16.7. The van der Waals surface area contributed by atoms with E-state index in [1.165, 1.54) is 13.0 Å². The van der Waals surface area contributed by atoms with E-state index in [-0.39, 0.29) is 6.29 Å². The maximum absolute atomic E-state index is 5.54. The zero-order chi connectivity index (χ0) is 12.5. The van der Waals surface area contributed by atoms with Gasteiger partial charge in [-0.1, -0.05) is 0 Å². The van der Waals surface area contributed by atoms with Gasteiger partial charge in [0, 0.05) is 39.8 Å². The van der Waals surface area contributed by atoms with Crippen LogP contribution in [0.1, 0.15) is 26.7 Å². The van der Waals surface area contributed by atoms with Crippen molar-refractivity contribution < 1.29 is 14.2 Å². The molecule has 0 saturated carbocycles. The predicted octanol–water partition coefficient (Wildman–Crippen LogP) is 1.74. The molecule has 4 nitrogen and oxygen atoms in total. The van der Waals surface area contributed by atoms with E-state index < -0.39 is 0 Å². The van der Waals surface area contributed by atoms with Crippen LogP contribution in [0.4, 0.5) is 0 Å². The third kappa shape index (κ3) is 5.82. The molecule has 102 valence electrons. The van der Waals surface area contributed by atoms with Crippen LogP contribution < -0.4 is 0 Å². The summed E-state index contributed by atoms with van der Waals surface area (Å²) in [6.07, 6.45) is 2.18. The van der Waals surface area contributed by atoms with Crippen LogP contribution in [0.5, 0.6) is 0 Å². The Morgan fingerprint density at radius 3 is 2.53 bits per heavy atom. The molecule has 0 aromatic heterocycles. The van der Waals surface area contributed by atoms with Gasteiger partial charge in [0.05, 0.1) is 6.61 Å². The Kier molecular flexibility index (Phi) is 7.77. The molecular weight excluding hydrogens is 218 g/mol. The van der Waals surface area contributed by atoms with Gasteiger partial charge in [0.1, 0.15) is 0 Å². The average molecular weight is 245 g/mol. The number of methoxy groups -OCH3 is 1. The number of hydrogen-bond donors (Lipinski definition) is 0. The third-order valence-electron chi connectivity index (χ3n) is 3.16. The van der Waals surface area contributed by atoms with Crippen LogP contribution in [0.15, 0.2) is 0 Å². The van der Waals surface area contributed by atoms with Crippen LogP contribution in [0.25, 0.3) is 0 Å². The van der Waals surface area contributed by atoms with Gasteiger partial charge in [0.25, 0.3) is 0 Å². The minimum absolute atomic E-state index is 0.0357. The van der Waals surface area contributed by atoms with E-state index in [9.17, 15) is 0 Å². The lowest BCUT2D eigenvalue weighted by molar-refractivity contribution is -0.141. The molecule has 1 heterocycles. The summed E-state index contributed by atoms with van der Waals surface area (Å²) in [4.78, 5) is 2.48. The number of likely N-dealkylation sites (tertiary alicyclic amines) is 1. The minimum atomic E-state index is -0.0357. The standard InChI is InChI=1S/C13H27NO3/c1-4-16-13(17-5-2)7-9-14-8-6-12(10-14)11-15-3/h12-13H,4-11H2,1-3H3. The number of ether oxygens (including phenoxy) is 3. The fraction of sp³-hybridized carbons (Fsp3) is 1.00. The third-order valence-corrected chi connectivity index (χ3v) is 3.16. The van der Waals surface area contributed by atoms with E-state index >= 15 is 0 Å². The maximum Gasteiger partial charge on any atom is 0.158 e. The molecule has 0 spiro atoms. The van der Waals surface area contributed by atoms with Crippen LogP contribution >= 0.6 is 0 Å². The quantitative estimate of drug-likeness (QED) is 0.579. The Hall–Kier alpha value is -0.160. The van der Waals surface area contributed by atoms with Crippen LogP contribution in [-0.2, 0) is 14.2 Å². The predicted molar refractivity (Wildman–Crippen MR) is 68.1 cm³/mol. The molecule has 1 rings (SSSR count). The molecule has 1 aliphatic rings. The summed E-state index contributed by atoms with van der Waals surface area (Å²) in [6.45, 7) is 9.74. The van der Waals surface area contributed by atoms with Crippen molar-refractivity contribution in [3.05, 3.63) is 0 Å². The van der Waals surface area contributed by atoms with E-state index in [2.05, 4.69) is 4.90 Å². The highest BCUT2D eigenvalue weighted by Gasteiger charge is 2.22. The van der Waals surface area contributed by atoms with Crippen molar-refractivity contribution in [3.63, 3.8) is 0 Å². The van der Waals surface area contributed by atoms with Gasteiger partial charge in [-0.05, 0) is 32.7 Å². The molecule has 0 bridgehead atoms. The fourth-order valence-corrected chi connectivity index (χ4v) is 2.36. The maximum atomic E-state index is 5.54. The van der Waals surface area contributed by atoms with Crippen LogP contribution in [0.3, 0.4) is 0 Å². The van der Waals surface area contributed by atoms with Crippen molar-refractivity contribution in [2.24, 2.45) is 5.92 Å². The lowest BCUT2D eigenvalue weighted by atomic mass is 10.1. The number of rotatable bonds is 9. The van der Waals surface area contributed by atoms with Crippen LogP contribution in [-0.4, -0.2) is 57.8 Å². The van der Waals surface area contributed by atoms with Gasteiger partial charge >= 0.3 is 0 Å². The summed E-state index contributed by atoms with van der Waals surface area (Å²) in [6, 6.07) is 0. The fourth-order valence-electron chi connectivity index (χ4n) is 2.36. The van der Waals surface area contributed by atoms with Crippen molar-refractivity contribution in [1.82, 2.24) is 4.90 Å². The van der Waals surface area contributed by atoms with Crippen molar-refractivity contribution >= 4 is 0 Å². The van der Waals surface area contributed by atoms with Crippen molar-refractivity contribution in [2.75, 3.05) is 46.6 Å². The molecule has 0 radical (unpaired) electrons. The van der Waals surface area contributed by atoms with Gasteiger partial charge in [-0.15, -0.1) is 0 Å². The van der Waals surface area contributed by atoms with Gasteiger partial charge in [-0.25, -0.2) is 0 Å². The molecule has 1 unspecified atom stereocenters. The summed E-state index contributed by atoms with van der Waals surface area (Å²) in [5.74, 6) is 0.706. The summed E-state index contributed by atoms with van der Waals surface area (Å²) in [5.41, 5.74) is 0. The highest BCUT2D eigenvalue weighted by Crippen LogP contribution is 2.17. The van der Waals surface area contributed by atoms with Crippen LogP contribution in [0, 0.1) is 5.92 Å². The van der Waals surface area contributed by atoms with Crippen LogP contribution in [0.2, 0.25) is 0 Å². The van der Waals surface area contributed by atoms with Gasteiger partial charge < -0.3 is 19.1 Å². The first-order valence-corrected chi connectivity index (χ1v) is 6.74. The zero-order valence-corrected chi connectivity index (χ0v) is 11.5. The largest absolute Gasteiger partial charge is 0.384 e. The zero-order valence-electron chi connectivity index (χ0n) is 11.5. The Bertz CT molecular complexity index is 184. The average Bonchev–Trinajstić information content (AvgIpc) is 2.75. The lowest BCUT2D eigenvalue weighted by Gasteiger charge is -2.21. The highest BCUT2D eigenvalue weighted by molar-refractivity contribution is 4.75. The normalized spacial score (nSPS) is 21.5. The van der Waals surface area contributed by atoms with E-state index in [0.29, 0.717) is 5.92 Å². The molecule has 1 saturated heterocycles. The van der Waals surface area contributed by atoms with Crippen molar-refractivity contribution in [1.29, 1.82) is 0 Å². The summed E-state index contributed by atoms with van der Waals surface area (Å²) in [7, 11) is 1.78. The lowest BCUT2D eigenvalue weighted by Crippen LogP contribution is -2.28. The van der Waals surface area contributed by atoms with Gasteiger partial charge in [-0.3, -0.25) is 0 Å². The second kappa shape index (κ2) is 8.86. The molecule has 1 fully saturated rings. The van der Waals surface area contributed by atoms with E-state index in [1.54, 1.807) is 7.11 Å². The smallest absolute Gasteiger partial charge is 0.158 e. The van der Waals surface area contributed by atoms with Gasteiger partial charge in [-0.2, -0.15) is 0 Å². The van der Waals surface area contributed by atoms with E-state index in [1.807, 2.05) is 13.8 Å². The first kappa shape index (κ1) is 14.9. The first-order chi connectivity index (χ1) is 8.30. The van der Waals surface area contributed by atoms with E-state index in [4.69, 9.17) is 14.2 Å². The minimum Gasteiger partial charge on any atom is -0.384 e.